The van der Waals surface area contributed by atoms with Crippen LogP contribution in [0.15, 0.2) is 0 Å². The van der Waals surface area contributed by atoms with Crippen molar-refractivity contribution in [1.82, 2.24) is 5.32 Å². The van der Waals surface area contributed by atoms with E-state index in [1.807, 2.05) is 0 Å². The summed E-state index contributed by atoms with van der Waals surface area (Å²) in [6, 6.07) is -0.0744. The van der Waals surface area contributed by atoms with Crippen LogP contribution in [0.4, 0.5) is 0 Å². The van der Waals surface area contributed by atoms with Crippen LogP contribution in [-0.4, -0.2) is 28.9 Å². The van der Waals surface area contributed by atoms with Gasteiger partial charge in [-0.1, -0.05) is 12.8 Å². The van der Waals surface area contributed by atoms with Gasteiger partial charge in [-0.3, -0.25) is 4.79 Å². The van der Waals surface area contributed by atoms with E-state index in [1.54, 1.807) is 0 Å². The zero-order valence-corrected chi connectivity index (χ0v) is 7.89. The molecule has 1 atom stereocenters. The molecule has 3 nitrogen and oxygen atoms in total. The van der Waals surface area contributed by atoms with Crippen LogP contribution in [0.5, 0.6) is 0 Å². The van der Waals surface area contributed by atoms with Crippen LogP contribution in [0.3, 0.4) is 0 Å². The summed E-state index contributed by atoms with van der Waals surface area (Å²) in [5.41, 5.74) is 0. The minimum Gasteiger partial charge on any atom is -0.480 e. The minimum absolute atomic E-state index is 0.367. The smallest absolute Gasteiger partial charge is 0.321 e. The molecule has 1 fully saturated rings. The lowest BCUT2D eigenvalue weighted by Gasteiger charge is -2.17. The van der Waals surface area contributed by atoms with E-state index in [9.17, 15) is 4.79 Å². The first-order valence-electron chi connectivity index (χ1n) is 4.33. The standard InChI is InChI=1S/C8H15NO2S/c10-8(11)7(5-12)9-6-3-1-2-4-6/h6-7,9,12H,1-5H2,(H,10,11)/t7-/m0/s1. The molecule has 2 N–H and O–H groups in total. The van der Waals surface area contributed by atoms with Crippen LogP contribution in [0.1, 0.15) is 25.7 Å². The SMILES string of the molecule is O=C(O)[C@H](CS)NC1CCCC1. The van der Waals surface area contributed by atoms with Crippen LogP contribution in [0.2, 0.25) is 0 Å². The van der Waals surface area contributed by atoms with E-state index in [-0.39, 0.29) is 0 Å². The highest BCUT2D eigenvalue weighted by Crippen LogP contribution is 2.18. The predicted molar refractivity (Wildman–Crippen MR) is 50.7 cm³/mol. The summed E-state index contributed by atoms with van der Waals surface area (Å²) >= 11 is 3.98. The number of hydrogen-bond acceptors (Lipinski definition) is 3. The molecule has 0 aromatic heterocycles. The molecule has 1 saturated carbocycles. The summed E-state index contributed by atoms with van der Waals surface area (Å²) in [5, 5.41) is 11.8. The van der Waals surface area contributed by atoms with Gasteiger partial charge in [0.2, 0.25) is 0 Å². The number of carboxylic acids is 1. The molecule has 0 unspecified atom stereocenters. The topological polar surface area (TPSA) is 49.3 Å². The number of thiol groups is 1. The maximum atomic E-state index is 10.6. The van der Waals surface area contributed by atoms with E-state index in [2.05, 4.69) is 17.9 Å². The fourth-order valence-electron chi connectivity index (χ4n) is 1.58. The molecule has 0 aliphatic heterocycles. The maximum absolute atomic E-state index is 10.6. The molecule has 4 heteroatoms. The van der Waals surface area contributed by atoms with Crippen LogP contribution >= 0.6 is 12.6 Å². The molecule has 0 heterocycles. The summed E-state index contributed by atoms with van der Waals surface area (Å²) in [4.78, 5) is 10.6. The van der Waals surface area contributed by atoms with Gasteiger partial charge in [0.1, 0.15) is 6.04 Å². The number of hydrogen-bond donors (Lipinski definition) is 3. The first kappa shape index (κ1) is 9.86. The fourth-order valence-corrected chi connectivity index (χ4v) is 1.84. The molecular weight excluding hydrogens is 174 g/mol. The number of nitrogens with one attached hydrogen (secondary N) is 1. The second-order valence-corrected chi connectivity index (χ2v) is 3.59. The lowest BCUT2D eigenvalue weighted by molar-refractivity contribution is -0.139. The molecule has 0 spiro atoms. The number of carbonyl (C=O) groups is 1. The lowest BCUT2D eigenvalue weighted by atomic mass is 10.2. The number of carboxylic acid groups (broad SMARTS) is 1. The van der Waals surface area contributed by atoms with Crippen molar-refractivity contribution in [3.8, 4) is 0 Å². The average Bonchev–Trinajstić information content (AvgIpc) is 2.51. The van der Waals surface area contributed by atoms with E-state index in [0.717, 1.165) is 12.8 Å². The largest absolute Gasteiger partial charge is 0.480 e. The molecule has 1 aliphatic carbocycles. The van der Waals surface area contributed by atoms with Crippen molar-refractivity contribution in [1.29, 1.82) is 0 Å². The van der Waals surface area contributed by atoms with Crippen molar-refractivity contribution >= 4 is 18.6 Å². The zero-order chi connectivity index (χ0) is 8.97. The molecule has 0 amide bonds. The van der Waals surface area contributed by atoms with E-state index >= 15 is 0 Å². The first-order valence-corrected chi connectivity index (χ1v) is 4.97. The summed E-state index contributed by atoms with van der Waals surface area (Å²) < 4.78 is 0. The average molecular weight is 189 g/mol. The third-order valence-corrected chi connectivity index (χ3v) is 2.64. The van der Waals surface area contributed by atoms with E-state index in [0.29, 0.717) is 11.8 Å². The molecule has 0 bridgehead atoms. The van der Waals surface area contributed by atoms with Gasteiger partial charge in [0, 0.05) is 11.8 Å². The Morgan fingerprint density at radius 3 is 2.58 bits per heavy atom. The molecular formula is C8H15NO2S. The monoisotopic (exact) mass is 189 g/mol. The van der Waals surface area contributed by atoms with Gasteiger partial charge in [-0.2, -0.15) is 12.6 Å². The molecule has 70 valence electrons. The molecule has 12 heavy (non-hydrogen) atoms. The van der Waals surface area contributed by atoms with Gasteiger partial charge >= 0.3 is 5.97 Å². The van der Waals surface area contributed by atoms with Crippen LogP contribution in [-0.2, 0) is 4.79 Å². The summed E-state index contributed by atoms with van der Waals surface area (Å²) in [6.45, 7) is 0. The fraction of sp³-hybridized carbons (Fsp3) is 0.875. The second-order valence-electron chi connectivity index (χ2n) is 3.22. The Morgan fingerprint density at radius 2 is 2.17 bits per heavy atom. The molecule has 1 aliphatic rings. The van der Waals surface area contributed by atoms with E-state index in [4.69, 9.17) is 5.11 Å². The van der Waals surface area contributed by atoms with Crippen molar-refractivity contribution in [3.05, 3.63) is 0 Å². The van der Waals surface area contributed by atoms with E-state index < -0.39 is 12.0 Å². The Labute approximate surface area is 77.9 Å². The zero-order valence-electron chi connectivity index (χ0n) is 6.99. The van der Waals surface area contributed by atoms with Crippen LogP contribution in [0, 0.1) is 0 Å². The Kier molecular flexibility index (Phi) is 3.88. The highest BCUT2D eigenvalue weighted by Gasteiger charge is 2.22. The van der Waals surface area contributed by atoms with Crippen LogP contribution < -0.4 is 5.32 Å². The molecule has 0 saturated heterocycles. The van der Waals surface area contributed by atoms with Gasteiger partial charge in [-0.25, -0.2) is 0 Å². The number of aliphatic carboxylic acids is 1. The van der Waals surface area contributed by atoms with Gasteiger partial charge in [-0.05, 0) is 12.8 Å². The Hall–Kier alpha value is -0.220. The summed E-state index contributed by atoms with van der Waals surface area (Å²) in [5.74, 6) is -0.428. The molecule has 1 rings (SSSR count). The van der Waals surface area contributed by atoms with Crippen molar-refractivity contribution in [2.24, 2.45) is 0 Å². The van der Waals surface area contributed by atoms with Gasteiger partial charge in [-0.15, -0.1) is 0 Å². The lowest BCUT2D eigenvalue weighted by Crippen LogP contribution is -2.43. The Balaban J connectivity index is 2.30. The van der Waals surface area contributed by atoms with Crippen molar-refractivity contribution in [2.45, 2.75) is 37.8 Å². The van der Waals surface area contributed by atoms with Gasteiger partial charge in [0.15, 0.2) is 0 Å². The second kappa shape index (κ2) is 4.72. The first-order chi connectivity index (χ1) is 5.74. The van der Waals surface area contributed by atoms with Crippen molar-refractivity contribution < 1.29 is 9.90 Å². The van der Waals surface area contributed by atoms with E-state index in [1.165, 1.54) is 12.8 Å². The Morgan fingerprint density at radius 1 is 1.58 bits per heavy atom. The third-order valence-electron chi connectivity index (χ3n) is 2.27. The molecule has 0 aromatic carbocycles. The quantitative estimate of drug-likeness (QED) is 0.576. The minimum atomic E-state index is -0.795. The Bertz CT molecular complexity index is 157. The van der Waals surface area contributed by atoms with Gasteiger partial charge in [0.05, 0.1) is 0 Å². The van der Waals surface area contributed by atoms with Crippen molar-refractivity contribution in [3.63, 3.8) is 0 Å². The summed E-state index contributed by atoms with van der Waals surface area (Å²) in [6.07, 6.45) is 4.66. The number of rotatable bonds is 4. The normalized spacial score (nSPS) is 21.1. The molecule has 0 radical (unpaired) electrons. The maximum Gasteiger partial charge on any atom is 0.321 e. The highest BCUT2D eigenvalue weighted by atomic mass is 32.1. The predicted octanol–water partition coefficient (Wildman–Crippen LogP) is 0.902. The van der Waals surface area contributed by atoms with Gasteiger partial charge in [0.25, 0.3) is 0 Å². The van der Waals surface area contributed by atoms with Crippen molar-refractivity contribution in [2.75, 3.05) is 5.75 Å². The third kappa shape index (κ3) is 2.68. The van der Waals surface area contributed by atoms with Crippen LogP contribution in [0.25, 0.3) is 0 Å². The highest BCUT2D eigenvalue weighted by molar-refractivity contribution is 7.80. The summed E-state index contributed by atoms with van der Waals surface area (Å²) in [7, 11) is 0. The van der Waals surface area contributed by atoms with Gasteiger partial charge < -0.3 is 10.4 Å². The molecule has 0 aromatic rings.